The number of anilines is 2. The number of non-ortho nitro benzene ring substituents is 2. The number of nitrogens with zero attached hydrogens (tertiary/aromatic N) is 4. The maximum absolute atomic E-state index is 10.7. The van der Waals surface area contributed by atoms with Crippen LogP contribution in [0.25, 0.3) is 0 Å². The summed E-state index contributed by atoms with van der Waals surface area (Å²) in [4.78, 5) is 20.3. The molecule has 0 amide bonds. The van der Waals surface area contributed by atoms with Gasteiger partial charge in [-0.15, -0.1) is 0 Å². The Bertz CT molecular complexity index is 980. The van der Waals surface area contributed by atoms with Crippen molar-refractivity contribution in [1.82, 2.24) is 0 Å². The van der Waals surface area contributed by atoms with Crippen molar-refractivity contribution in [2.24, 2.45) is 10.2 Å². The predicted octanol–water partition coefficient (Wildman–Crippen LogP) is 0.444. The highest BCUT2D eigenvalue weighted by atomic mass is 16.6. The molecule has 2 aromatic carbocycles. The van der Waals surface area contributed by atoms with E-state index in [1.165, 1.54) is 48.5 Å². The van der Waals surface area contributed by atoms with Gasteiger partial charge < -0.3 is 20.4 Å². The van der Waals surface area contributed by atoms with E-state index < -0.39 is 34.8 Å². The number of nitrogens with one attached hydrogen (secondary N) is 2. The van der Waals surface area contributed by atoms with Crippen LogP contribution in [-0.4, -0.2) is 67.1 Å². The number of benzene rings is 2. The molecule has 0 aromatic heterocycles. The van der Waals surface area contributed by atoms with Crippen molar-refractivity contribution in [2.45, 2.75) is 18.3 Å². The molecular weight excluding hydrogens is 428 g/mol. The molecule has 14 heteroatoms. The zero-order valence-electron chi connectivity index (χ0n) is 16.3. The van der Waals surface area contributed by atoms with E-state index in [0.717, 1.165) is 6.21 Å². The largest absolute Gasteiger partial charge is 0.394 e. The highest BCUT2D eigenvalue weighted by molar-refractivity contribution is 6.33. The predicted molar refractivity (Wildman–Crippen MR) is 114 cm³/mol. The SMILES string of the molecule is O=[N+]([O-])c1ccc(N/N=C\C(=N\Nc2ccc([N+](=O)[O-])cc2)[C@H](O)[C@H](O)[C@H](O)CO)cc1. The van der Waals surface area contributed by atoms with Crippen LogP contribution in [0, 0.1) is 20.2 Å². The van der Waals surface area contributed by atoms with E-state index in [4.69, 9.17) is 5.11 Å². The number of aliphatic hydroxyl groups excluding tert-OH is 4. The van der Waals surface area contributed by atoms with E-state index in [-0.39, 0.29) is 17.1 Å². The second kappa shape index (κ2) is 11.4. The lowest BCUT2D eigenvalue weighted by molar-refractivity contribution is -0.385. The lowest BCUT2D eigenvalue weighted by Crippen LogP contribution is -2.44. The first-order valence-corrected chi connectivity index (χ1v) is 8.99. The standard InChI is InChI=1S/C18H20N6O8/c25-10-16(26)18(28)17(27)15(22-21-12-3-7-14(8-4-12)24(31)32)9-19-20-11-1-5-13(6-2-11)23(29)30/h1-9,16-18,20-21,25-28H,10H2/b19-9-,22-15-/t16-,17+,18-/m1/s1. The number of nitro groups is 2. The first-order chi connectivity index (χ1) is 15.2. The van der Waals surface area contributed by atoms with Crippen LogP contribution in [0.4, 0.5) is 22.7 Å². The molecular formula is C18H20N6O8. The highest BCUT2D eigenvalue weighted by Crippen LogP contribution is 2.16. The Morgan fingerprint density at radius 2 is 1.38 bits per heavy atom. The number of hydrazone groups is 2. The second-order valence-corrected chi connectivity index (χ2v) is 6.31. The van der Waals surface area contributed by atoms with Gasteiger partial charge in [-0.3, -0.25) is 31.1 Å². The zero-order chi connectivity index (χ0) is 23.7. The third-order valence-electron chi connectivity index (χ3n) is 4.07. The molecule has 0 unspecified atom stereocenters. The zero-order valence-corrected chi connectivity index (χ0v) is 16.3. The van der Waals surface area contributed by atoms with Crippen molar-refractivity contribution in [1.29, 1.82) is 0 Å². The van der Waals surface area contributed by atoms with Crippen molar-refractivity contribution in [3.8, 4) is 0 Å². The van der Waals surface area contributed by atoms with E-state index in [1.807, 2.05) is 0 Å². The summed E-state index contributed by atoms with van der Waals surface area (Å²) in [5, 5.41) is 67.9. The van der Waals surface area contributed by atoms with Crippen LogP contribution < -0.4 is 10.9 Å². The average Bonchev–Trinajstić information content (AvgIpc) is 2.80. The quantitative estimate of drug-likeness (QED) is 0.158. The van der Waals surface area contributed by atoms with E-state index in [2.05, 4.69) is 21.1 Å². The third kappa shape index (κ3) is 6.78. The van der Waals surface area contributed by atoms with Crippen LogP contribution in [0.2, 0.25) is 0 Å². The van der Waals surface area contributed by atoms with E-state index >= 15 is 0 Å². The van der Waals surface area contributed by atoms with E-state index in [9.17, 15) is 35.5 Å². The van der Waals surface area contributed by atoms with Crippen LogP contribution >= 0.6 is 0 Å². The van der Waals surface area contributed by atoms with Gasteiger partial charge >= 0.3 is 0 Å². The van der Waals surface area contributed by atoms with Gasteiger partial charge in [0.2, 0.25) is 0 Å². The number of nitro benzene ring substituents is 2. The monoisotopic (exact) mass is 448 g/mol. The maximum atomic E-state index is 10.7. The molecule has 0 heterocycles. The maximum Gasteiger partial charge on any atom is 0.269 e. The lowest BCUT2D eigenvalue weighted by atomic mass is 10.0. The van der Waals surface area contributed by atoms with Crippen LogP contribution in [0.15, 0.2) is 58.7 Å². The summed E-state index contributed by atoms with van der Waals surface area (Å²) in [5.41, 5.74) is 5.24. The van der Waals surface area contributed by atoms with E-state index in [1.54, 1.807) is 0 Å². The number of aliphatic hydroxyl groups is 4. The van der Waals surface area contributed by atoms with Gasteiger partial charge in [-0.05, 0) is 24.3 Å². The minimum Gasteiger partial charge on any atom is -0.394 e. The fourth-order valence-corrected chi connectivity index (χ4v) is 2.28. The van der Waals surface area contributed by atoms with Crippen LogP contribution in [0.5, 0.6) is 0 Å². The summed E-state index contributed by atoms with van der Waals surface area (Å²) in [6, 6.07) is 10.4. The van der Waals surface area contributed by atoms with Crippen molar-refractivity contribution in [3.05, 3.63) is 68.8 Å². The Morgan fingerprint density at radius 1 is 0.906 bits per heavy atom. The Labute approximate surface area is 180 Å². The Balaban J connectivity index is 2.18. The molecule has 2 rings (SSSR count). The average molecular weight is 448 g/mol. The molecule has 0 saturated carbocycles. The number of rotatable bonds is 11. The Morgan fingerprint density at radius 3 is 1.81 bits per heavy atom. The van der Waals surface area contributed by atoms with Gasteiger partial charge in [0.05, 0.1) is 34.0 Å². The summed E-state index contributed by atoms with van der Waals surface area (Å²) < 4.78 is 0. The Hall–Kier alpha value is -3.98. The molecule has 32 heavy (non-hydrogen) atoms. The Kier molecular flexibility index (Phi) is 8.67. The van der Waals surface area contributed by atoms with Gasteiger partial charge in [-0.25, -0.2) is 0 Å². The highest BCUT2D eigenvalue weighted by Gasteiger charge is 2.28. The summed E-state index contributed by atoms with van der Waals surface area (Å²) in [5.74, 6) is 0. The van der Waals surface area contributed by atoms with Crippen molar-refractivity contribution in [2.75, 3.05) is 17.5 Å². The molecule has 0 saturated heterocycles. The van der Waals surface area contributed by atoms with Gasteiger partial charge in [0.1, 0.15) is 24.0 Å². The van der Waals surface area contributed by atoms with Crippen molar-refractivity contribution < 1.29 is 30.3 Å². The smallest absolute Gasteiger partial charge is 0.269 e. The fourth-order valence-electron chi connectivity index (χ4n) is 2.28. The lowest BCUT2D eigenvalue weighted by Gasteiger charge is -2.21. The minimum absolute atomic E-state index is 0.120. The first kappa shape index (κ1) is 24.3. The number of hydrogen-bond acceptors (Lipinski definition) is 12. The van der Waals surface area contributed by atoms with Gasteiger partial charge in [0.25, 0.3) is 11.4 Å². The van der Waals surface area contributed by atoms with Crippen LogP contribution in [-0.2, 0) is 0 Å². The van der Waals surface area contributed by atoms with Crippen LogP contribution in [0.1, 0.15) is 0 Å². The second-order valence-electron chi connectivity index (χ2n) is 6.31. The van der Waals surface area contributed by atoms with Gasteiger partial charge in [0.15, 0.2) is 0 Å². The first-order valence-electron chi connectivity index (χ1n) is 8.99. The van der Waals surface area contributed by atoms with Gasteiger partial charge in [-0.1, -0.05) is 0 Å². The van der Waals surface area contributed by atoms with Gasteiger partial charge in [0, 0.05) is 24.3 Å². The summed E-state index contributed by atoms with van der Waals surface area (Å²) in [7, 11) is 0. The molecule has 0 fully saturated rings. The molecule has 0 aliphatic heterocycles. The molecule has 3 atom stereocenters. The molecule has 0 radical (unpaired) electrons. The topological polar surface area (TPSA) is 216 Å². The molecule has 2 aromatic rings. The molecule has 14 nitrogen and oxygen atoms in total. The van der Waals surface area contributed by atoms with Crippen molar-refractivity contribution >= 4 is 34.7 Å². The summed E-state index contributed by atoms with van der Waals surface area (Å²) >= 11 is 0. The minimum atomic E-state index is -1.80. The molecule has 6 N–H and O–H groups in total. The molecule has 0 spiro atoms. The summed E-state index contributed by atoms with van der Waals surface area (Å²) in [6.07, 6.45) is -4.23. The molecule has 0 aliphatic carbocycles. The van der Waals surface area contributed by atoms with E-state index in [0.29, 0.717) is 11.4 Å². The normalized spacial score (nSPS) is 14.6. The summed E-state index contributed by atoms with van der Waals surface area (Å²) in [6.45, 7) is -0.820. The molecule has 0 bridgehead atoms. The number of hydrogen-bond donors (Lipinski definition) is 6. The van der Waals surface area contributed by atoms with Crippen LogP contribution in [0.3, 0.4) is 0 Å². The third-order valence-corrected chi connectivity index (χ3v) is 4.07. The fraction of sp³-hybridized carbons (Fsp3) is 0.222. The molecule has 0 aliphatic rings. The van der Waals surface area contributed by atoms with Crippen molar-refractivity contribution in [3.63, 3.8) is 0 Å². The van der Waals surface area contributed by atoms with Gasteiger partial charge in [-0.2, -0.15) is 10.2 Å². The molecule has 170 valence electrons.